The molecule has 194 valence electrons. The highest BCUT2D eigenvalue weighted by Gasteiger charge is 2.23. The van der Waals surface area contributed by atoms with Crippen molar-refractivity contribution < 1.29 is 13.7 Å². The van der Waals surface area contributed by atoms with Gasteiger partial charge in [-0.05, 0) is 68.5 Å². The Morgan fingerprint density at radius 3 is 2.86 bits per heavy atom. The number of carbonyl (C=O) groups excluding carboxylic acids is 1. The van der Waals surface area contributed by atoms with Crippen molar-refractivity contribution in [3.05, 3.63) is 46.8 Å². The van der Waals surface area contributed by atoms with Crippen LogP contribution >= 0.6 is 11.3 Å². The Balaban J connectivity index is 1.46. The molecular formula is C27H41N3O3S2. The summed E-state index contributed by atoms with van der Waals surface area (Å²) in [6, 6.07) is 11.5. The van der Waals surface area contributed by atoms with Gasteiger partial charge in [-0.2, -0.15) is 0 Å². The van der Waals surface area contributed by atoms with E-state index in [1.807, 2.05) is 18.2 Å². The first kappa shape index (κ1) is 27.8. The van der Waals surface area contributed by atoms with E-state index in [2.05, 4.69) is 28.8 Å². The standard InChI is InChI=1S/C27H41N3O3S2/c1-4-6-9-21(5-2)19-28-23-11-8-16-30(17-15-23)35(32)26-14-13-25(34-26)20-29-27(31)22-10-7-12-24(18-22)33-3/h7,10,12-14,18,21,23,28H,4-6,8-9,11,15-17,19-20H2,1-3H3,(H,29,31). The number of nitrogens with zero attached hydrogens (tertiary/aromatic N) is 1. The van der Waals surface area contributed by atoms with Crippen molar-refractivity contribution in [3.8, 4) is 5.75 Å². The molecule has 2 N–H and O–H groups in total. The third-order valence-corrected chi connectivity index (χ3v) is 9.60. The van der Waals surface area contributed by atoms with Crippen LogP contribution in [0, 0.1) is 5.92 Å². The van der Waals surface area contributed by atoms with Crippen LogP contribution in [0.1, 0.15) is 74.0 Å². The summed E-state index contributed by atoms with van der Waals surface area (Å²) in [5.74, 6) is 1.27. The lowest BCUT2D eigenvalue weighted by Gasteiger charge is -2.21. The molecule has 3 rings (SSSR count). The van der Waals surface area contributed by atoms with E-state index >= 15 is 0 Å². The first-order valence-electron chi connectivity index (χ1n) is 12.9. The van der Waals surface area contributed by atoms with Gasteiger partial charge in [-0.3, -0.25) is 4.79 Å². The monoisotopic (exact) mass is 519 g/mol. The van der Waals surface area contributed by atoms with E-state index in [9.17, 15) is 9.00 Å². The minimum Gasteiger partial charge on any atom is -0.497 e. The van der Waals surface area contributed by atoms with E-state index < -0.39 is 11.0 Å². The molecule has 3 atom stereocenters. The normalized spacial score (nSPS) is 18.5. The molecule has 1 aliphatic rings. The maximum absolute atomic E-state index is 13.3. The van der Waals surface area contributed by atoms with E-state index in [1.54, 1.807) is 25.3 Å². The van der Waals surface area contributed by atoms with Crippen molar-refractivity contribution in [2.45, 2.75) is 75.6 Å². The lowest BCUT2D eigenvalue weighted by atomic mass is 9.98. The van der Waals surface area contributed by atoms with E-state index in [-0.39, 0.29) is 5.91 Å². The van der Waals surface area contributed by atoms with Crippen molar-refractivity contribution in [3.63, 3.8) is 0 Å². The fraction of sp³-hybridized carbons (Fsp3) is 0.593. The van der Waals surface area contributed by atoms with Crippen LogP contribution in [0.3, 0.4) is 0 Å². The van der Waals surface area contributed by atoms with Gasteiger partial charge in [0.15, 0.2) is 0 Å². The van der Waals surface area contributed by atoms with Gasteiger partial charge in [-0.25, -0.2) is 8.51 Å². The number of ether oxygens (including phenoxy) is 1. The Morgan fingerprint density at radius 1 is 1.23 bits per heavy atom. The molecule has 0 spiro atoms. The largest absolute Gasteiger partial charge is 0.497 e. The molecule has 2 aromatic rings. The van der Waals surface area contributed by atoms with Crippen LogP contribution in [0.4, 0.5) is 0 Å². The SMILES string of the molecule is CCCCC(CC)CNC1CCCN(S(=O)c2ccc(CNC(=O)c3cccc(OC)c3)s2)CC1. The van der Waals surface area contributed by atoms with Gasteiger partial charge in [0.25, 0.3) is 5.91 Å². The summed E-state index contributed by atoms with van der Waals surface area (Å²) in [7, 11) is 0.431. The van der Waals surface area contributed by atoms with E-state index in [0.717, 1.165) is 53.9 Å². The van der Waals surface area contributed by atoms with Crippen LogP contribution in [0.25, 0.3) is 0 Å². The topological polar surface area (TPSA) is 70.7 Å². The lowest BCUT2D eigenvalue weighted by molar-refractivity contribution is 0.0951. The Bertz CT molecular complexity index is 949. The number of thiophene rings is 1. The molecule has 0 saturated carbocycles. The van der Waals surface area contributed by atoms with Gasteiger partial charge in [-0.15, -0.1) is 11.3 Å². The Labute approximate surface area is 217 Å². The molecule has 1 aliphatic heterocycles. The Hall–Kier alpha value is -1.74. The average molecular weight is 520 g/mol. The van der Waals surface area contributed by atoms with Crippen molar-refractivity contribution in [2.75, 3.05) is 26.7 Å². The second-order valence-corrected chi connectivity index (χ2v) is 12.1. The van der Waals surface area contributed by atoms with Crippen LogP contribution in [0.15, 0.2) is 40.6 Å². The van der Waals surface area contributed by atoms with Crippen molar-refractivity contribution >= 4 is 28.2 Å². The van der Waals surface area contributed by atoms with Gasteiger partial charge in [0.05, 0.1) is 13.7 Å². The second-order valence-electron chi connectivity index (χ2n) is 9.27. The highest BCUT2D eigenvalue weighted by atomic mass is 32.2. The van der Waals surface area contributed by atoms with E-state index in [0.29, 0.717) is 23.9 Å². The van der Waals surface area contributed by atoms with Crippen molar-refractivity contribution in [1.29, 1.82) is 0 Å². The van der Waals surface area contributed by atoms with Gasteiger partial charge in [0, 0.05) is 29.6 Å². The minimum atomic E-state index is -1.15. The fourth-order valence-corrected chi connectivity index (χ4v) is 7.03. The summed E-state index contributed by atoms with van der Waals surface area (Å²) in [6.45, 7) is 7.77. The molecule has 2 heterocycles. The summed E-state index contributed by atoms with van der Waals surface area (Å²) in [5.41, 5.74) is 0.563. The molecule has 1 aromatic heterocycles. The molecule has 0 bridgehead atoms. The molecule has 1 saturated heterocycles. The van der Waals surface area contributed by atoms with Gasteiger partial charge in [0.1, 0.15) is 20.9 Å². The van der Waals surface area contributed by atoms with Gasteiger partial charge >= 0.3 is 0 Å². The molecule has 35 heavy (non-hydrogen) atoms. The number of hydrogen-bond acceptors (Lipinski definition) is 5. The zero-order valence-corrected chi connectivity index (χ0v) is 23.0. The lowest BCUT2D eigenvalue weighted by Crippen LogP contribution is -2.34. The molecule has 6 nitrogen and oxygen atoms in total. The number of carbonyl (C=O) groups is 1. The molecule has 0 aliphatic carbocycles. The number of rotatable bonds is 13. The van der Waals surface area contributed by atoms with Crippen LogP contribution in [-0.4, -0.2) is 47.2 Å². The second kappa shape index (κ2) is 14.7. The zero-order chi connectivity index (χ0) is 25.0. The number of nitrogens with one attached hydrogen (secondary N) is 2. The molecule has 0 radical (unpaired) electrons. The van der Waals surface area contributed by atoms with Crippen LogP contribution in [-0.2, 0) is 17.5 Å². The van der Waals surface area contributed by atoms with Crippen molar-refractivity contribution in [2.24, 2.45) is 5.92 Å². The fourth-order valence-electron chi connectivity index (χ4n) is 4.42. The smallest absolute Gasteiger partial charge is 0.251 e. The minimum absolute atomic E-state index is 0.147. The summed E-state index contributed by atoms with van der Waals surface area (Å²) in [4.78, 5) is 13.5. The summed E-state index contributed by atoms with van der Waals surface area (Å²) in [5, 5.41) is 6.75. The highest BCUT2D eigenvalue weighted by Crippen LogP contribution is 2.25. The molecule has 1 fully saturated rings. The third kappa shape index (κ3) is 8.70. The van der Waals surface area contributed by atoms with E-state index in [1.165, 1.54) is 37.0 Å². The number of amides is 1. The number of hydrogen-bond donors (Lipinski definition) is 2. The summed E-state index contributed by atoms with van der Waals surface area (Å²) in [6.07, 6.45) is 8.35. The van der Waals surface area contributed by atoms with Crippen molar-refractivity contribution in [1.82, 2.24) is 14.9 Å². The Kier molecular flexibility index (Phi) is 11.7. The molecule has 3 unspecified atom stereocenters. The first-order chi connectivity index (χ1) is 17.0. The molecule has 8 heteroatoms. The summed E-state index contributed by atoms with van der Waals surface area (Å²) >= 11 is 1.51. The van der Waals surface area contributed by atoms with Gasteiger partial charge in [0.2, 0.25) is 0 Å². The van der Waals surface area contributed by atoms with Gasteiger partial charge < -0.3 is 15.4 Å². The molecular weight excluding hydrogens is 478 g/mol. The zero-order valence-electron chi connectivity index (χ0n) is 21.4. The number of benzene rings is 1. The van der Waals surface area contributed by atoms with Gasteiger partial charge in [-0.1, -0.05) is 39.2 Å². The maximum atomic E-state index is 13.3. The number of methoxy groups -OCH3 is 1. The first-order valence-corrected chi connectivity index (χ1v) is 14.9. The molecule has 1 aromatic carbocycles. The maximum Gasteiger partial charge on any atom is 0.251 e. The van der Waals surface area contributed by atoms with Crippen LogP contribution in [0.5, 0.6) is 5.75 Å². The predicted octanol–water partition coefficient (Wildman–Crippen LogP) is 5.37. The molecule has 1 amide bonds. The highest BCUT2D eigenvalue weighted by molar-refractivity contribution is 7.85. The number of unbranched alkanes of at least 4 members (excludes halogenated alkanes) is 1. The Morgan fingerprint density at radius 2 is 2.09 bits per heavy atom. The van der Waals surface area contributed by atoms with Crippen LogP contribution in [0.2, 0.25) is 0 Å². The average Bonchev–Trinajstić information content (AvgIpc) is 3.24. The predicted molar refractivity (Wildman–Crippen MR) is 145 cm³/mol. The van der Waals surface area contributed by atoms with E-state index in [4.69, 9.17) is 4.74 Å². The third-order valence-electron chi connectivity index (χ3n) is 6.72. The summed E-state index contributed by atoms with van der Waals surface area (Å²) < 4.78 is 21.4. The quantitative estimate of drug-likeness (QED) is 0.373. The van der Waals surface area contributed by atoms with Crippen LogP contribution < -0.4 is 15.4 Å².